The average molecular weight is 504 g/mol. The number of anilines is 3. The van der Waals surface area contributed by atoms with E-state index in [4.69, 9.17) is 38.9 Å². The highest BCUT2D eigenvalue weighted by Crippen LogP contribution is 2.38. The van der Waals surface area contributed by atoms with Gasteiger partial charge in [-0.15, -0.1) is 0 Å². The van der Waals surface area contributed by atoms with E-state index < -0.39 is 6.10 Å². The SMILES string of the molecule is NC(=O)[C@H]1CC[C@H](n2c(Nc3ccc(Cl)cc3Cl)nc3cnc(N[C@@H]4CCC[C@H]4O)nc32)CC1. The van der Waals surface area contributed by atoms with Crippen molar-refractivity contribution in [2.75, 3.05) is 10.6 Å². The van der Waals surface area contributed by atoms with Gasteiger partial charge in [0.1, 0.15) is 5.52 Å². The van der Waals surface area contributed by atoms with Crippen molar-refractivity contribution in [3.8, 4) is 0 Å². The number of aliphatic hydroxyl groups is 1. The number of nitrogens with two attached hydrogens (primary N) is 1. The molecular weight excluding hydrogens is 477 g/mol. The summed E-state index contributed by atoms with van der Waals surface area (Å²) in [5, 5.41) is 17.8. The number of carbonyl (C=O) groups is 1. The van der Waals surface area contributed by atoms with Crippen molar-refractivity contribution in [1.82, 2.24) is 19.5 Å². The van der Waals surface area contributed by atoms with Crippen LogP contribution in [0.3, 0.4) is 0 Å². The van der Waals surface area contributed by atoms with Gasteiger partial charge in [-0.05, 0) is 63.1 Å². The van der Waals surface area contributed by atoms with Crippen LogP contribution in [0, 0.1) is 5.92 Å². The molecule has 5 N–H and O–H groups in total. The van der Waals surface area contributed by atoms with Crippen LogP contribution in [0.4, 0.5) is 17.6 Å². The zero-order valence-corrected chi connectivity index (χ0v) is 20.1. The summed E-state index contributed by atoms with van der Waals surface area (Å²) in [5.74, 6) is 0.698. The number of halogens is 2. The maximum Gasteiger partial charge on any atom is 0.225 e. The molecule has 11 heteroatoms. The van der Waals surface area contributed by atoms with E-state index in [0.29, 0.717) is 51.6 Å². The Hall–Kier alpha value is -2.62. The molecule has 2 atom stereocenters. The first-order valence-corrected chi connectivity index (χ1v) is 12.4. The molecule has 2 aliphatic rings. The van der Waals surface area contributed by atoms with Crippen LogP contribution in [0.5, 0.6) is 0 Å². The molecule has 0 bridgehead atoms. The number of hydrogen-bond donors (Lipinski definition) is 4. The molecule has 3 aromatic rings. The molecule has 0 saturated heterocycles. The van der Waals surface area contributed by atoms with Crippen LogP contribution in [-0.2, 0) is 4.79 Å². The number of aliphatic hydroxyl groups excluding tert-OH is 1. The summed E-state index contributed by atoms with van der Waals surface area (Å²) in [4.78, 5) is 25.7. The van der Waals surface area contributed by atoms with Crippen LogP contribution < -0.4 is 16.4 Å². The Bertz CT molecular complexity index is 1210. The average Bonchev–Trinajstić information content (AvgIpc) is 3.38. The second-order valence-corrected chi connectivity index (χ2v) is 9.96. The van der Waals surface area contributed by atoms with Gasteiger partial charge >= 0.3 is 0 Å². The van der Waals surface area contributed by atoms with E-state index in [-0.39, 0.29) is 23.9 Å². The summed E-state index contributed by atoms with van der Waals surface area (Å²) >= 11 is 12.5. The highest BCUT2D eigenvalue weighted by Gasteiger charge is 2.30. The highest BCUT2D eigenvalue weighted by molar-refractivity contribution is 6.36. The first-order chi connectivity index (χ1) is 16.4. The molecule has 9 nitrogen and oxygen atoms in total. The Kier molecular flexibility index (Phi) is 6.50. The van der Waals surface area contributed by atoms with E-state index in [9.17, 15) is 9.90 Å². The third-order valence-electron chi connectivity index (χ3n) is 6.87. The Morgan fingerprint density at radius 1 is 1.12 bits per heavy atom. The highest BCUT2D eigenvalue weighted by atomic mass is 35.5. The number of rotatable bonds is 6. The Labute approximate surface area is 207 Å². The van der Waals surface area contributed by atoms with Gasteiger partial charge in [0.15, 0.2) is 5.65 Å². The van der Waals surface area contributed by atoms with Crippen molar-refractivity contribution in [2.45, 2.75) is 63.1 Å². The Balaban J connectivity index is 1.51. The van der Waals surface area contributed by atoms with Crippen LogP contribution in [0.2, 0.25) is 10.0 Å². The van der Waals surface area contributed by atoms with Crippen LogP contribution in [0.1, 0.15) is 51.0 Å². The molecule has 2 aliphatic carbocycles. The molecule has 2 aromatic heterocycles. The predicted molar refractivity (Wildman–Crippen MR) is 133 cm³/mol. The third kappa shape index (κ3) is 4.64. The lowest BCUT2D eigenvalue weighted by atomic mass is 9.85. The second kappa shape index (κ2) is 9.56. The van der Waals surface area contributed by atoms with E-state index in [0.717, 1.165) is 32.1 Å². The van der Waals surface area contributed by atoms with Gasteiger partial charge in [-0.1, -0.05) is 23.2 Å². The van der Waals surface area contributed by atoms with Crippen LogP contribution in [-0.4, -0.2) is 42.7 Å². The number of hydrogen-bond acceptors (Lipinski definition) is 7. The molecule has 0 spiro atoms. The van der Waals surface area contributed by atoms with Gasteiger partial charge in [-0.25, -0.2) is 9.97 Å². The van der Waals surface area contributed by atoms with Gasteiger partial charge in [0, 0.05) is 17.0 Å². The van der Waals surface area contributed by atoms with Crippen molar-refractivity contribution in [3.05, 3.63) is 34.4 Å². The summed E-state index contributed by atoms with van der Waals surface area (Å²) < 4.78 is 2.06. The molecule has 0 aliphatic heterocycles. The number of nitrogens with zero attached hydrogens (tertiary/aromatic N) is 4. The molecule has 1 aromatic carbocycles. The van der Waals surface area contributed by atoms with Gasteiger partial charge in [0.2, 0.25) is 17.8 Å². The Morgan fingerprint density at radius 3 is 2.59 bits per heavy atom. The summed E-state index contributed by atoms with van der Waals surface area (Å²) in [6, 6.07) is 5.25. The van der Waals surface area contributed by atoms with E-state index in [1.165, 1.54) is 0 Å². The van der Waals surface area contributed by atoms with E-state index in [1.807, 2.05) is 0 Å². The molecule has 2 saturated carbocycles. The van der Waals surface area contributed by atoms with Crippen molar-refractivity contribution in [3.63, 3.8) is 0 Å². The molecule has 0 unspecified atom stereocenters. The third-order valence-corrected chi connectivity index (χ3v) is 7.42. The first kappa shape index (κ1) is 23.1. The van der Waals surface area contributed by atoms with Crippen molar-refractivity contribution >= 4 is 57.9 Å². The lowest BCUT2D eigenvalue weighted by Gasteiger charge is -2.29. The fourth-order valence-corrected chi connectivity index (χ4v) is 5.45. The van der Waals surface area contributed by atoms with Gasteiger partial charge < -0.3 is 21.5 Å². The summed E-state index contributed by atoms with van der Waals surface area (Å²) in [6.07, 6.45) is 6.88. The number of benzene rings is 1. The molecule has 34 heavy (non-hydrogen) atoms. The number of carbonyl (C=O) groups excluding carboxylic acids is 1. The molecule has 5 rings (SSSR count). The number of nitrogens with one attached hydrogen (secondary N) is 2. The maximum atomic E-state index is 11.7. The predicted octanol–water partition coefficient (Wildman–Crippen LogP) is 4.42. The zero-order valence-electron chi connectivity index (χ0n) is 18.5. The Morgan fingerprint density at radius 2 is 1.91 bits per heavy atom. The van der Waals surface area contributed by atoms with Gasteiger partial charge in [-0.3, -0.25) is 9.36 Å². The number of fused-ring (bicyclic) bond motifs is 1. The van der Waals surface area contributed by atoms with Crippen molar-refractivity contribution in [2.24, 2.45) is 11.7 Å². The number of primary amides is 1. The monoisotopic (exact) mass is 503 g/mol. The molecule has 1 amide bonds. The lowest BCUT2D eigenvalue weighted by molar-refractivity contribution is -0.122. The van der Waals surface area contributed by atoms with Gasteiger partial charge in [0.25, 0.3) is 0 Å². The lowest BCUT2D eigenvalue weighted by Crippen LogP contribution is -2.29. The van der Waals surface area contributed by atoms with Crippen LogP contribution in [0.25, 0.3) is 11.2 Å². The largest absolute Gasteiger partial charge is 0.391 e. The summed E-state index contributed by atoms with van der Waals surface area (Å²) in [5.41, 5.74) is 7.54. The molecule has 180 valence electrons. The number of imidazole rings is 1. The summed E-state index contributed by atoms with van der Waals surface area (Å²) in [7, 11) is 0. The fourth-order valence-electron chi connectivity index (χ4n) is 5.00. The number of amides is 1. The maximum absolute atomic E-state index is 11.7. The quantitative estimate of drug-likeness (QED) is 0.391. The second-order valence-electron chi connectivity index (χ2n) is 9.11. The minimum atomic E-state index is -0.405. The first-order valence-electron chi connectivity index (χ1n) is 11.6. The van der Waals surface area contributed by atoms with Crippen LogP contribution in [0.15, 0.2) is 24.4 Å². The number of aromatic nitrogens is 4. The van der Waals surface area contributed by atoms with Gasteiger partial charge in [-0.2, -0.15) is 4.98 Å². The molecule has 0 radical (unpaired) electrons. The van der Waals surface area contributed by atoms with E-state index in [1.54, 1.807) is 24.4 Å². The molecule has 2 heterocycles. The molecule has 2 fully saturated rings. The standard InChI is InChI=1S/C23H27Cl2N7O2/c24-13-6-9-16(15(25)10-13)29-23-30-18-11-27-22(28-17-2-1-3-19(17)33)31-21(18)32(23)14-7-4-12(5-8-14)20(26)34/h6,9-12,14,17,19,33H,1-5,7-8H2,(H2,26,34)(H,29,30)(H,27,28,31)/t12-,14-,17-,19-/m1/s1. The van der Waals surface area contributed by atoms with Crippen molar-refractivity contribution in [1.29, 1.82) is 0 Å². The zero-order chi connectivity index (χ0) is 23.8. The van der Waals surface area contributed by atoms with Gasteiger partial charge in [0.05, 0.1) is 29.1 Å². The normalized spacial score (nSPS) is 24.9. The topological polar surface area (TPSA) is 131 Å². The smallest absolute Gasteiger partial charge is 0.225 e. The van der Waals surface area contributed by atoms with E-state index >= 15 is 0 Å². The fraction of sp³-hybridized carbons (Fsp3) is 0.478. The van der Waals surface area contributed by atoms with Crippen LogP contribution >= 0.6 is 23.2 Å². The minimum Gasteiger partial charge on any atom is -0.391 e. The molecular formula is C23H27Cl2N7O2. The summed E-state index contributed by atoms with van der Waals surface area (Å²) in [6.45, 7) is 0. The minimum absolute atomic E-state index is 0.0645. The van der Waals surface area contributed by atoms with E-state index in [2.05, 4.69) is 20.2 Å². The van der Waals surface area contributed by atoms with Crippen molar-refractivity contribution < 1.29 is 9.90 Å².